The molecule has 0 amide bonds. The van der Waals surface area contributed by atoms with Crippen molar-refractivity contribution in [3.8, 4) is 0 Å². The van der Waals surface area contributed by atoms with Gasteiger partial charge in [0.25, 0.3) is 6.29 Å². The molecule has 0 fully saturated rings. The van der Waals surface area contributed by atoms with Crippen LogP contribution in [0.5, 0.6) is 0 Å². The monoisotopic (exact) mass is 991 g/mol. The van der Waals surface area contributed by atoms with E-state index < -0.39 is 24.3 Å². The van der Waals surface area contributed by atoms with Gasteiger partial charge in [-0.3, -0.25) is 9.59 Å². The highest BCUT2D eigenvalue weighted by Crippen LogP contribution is 2.15. The molecule has 1 N–H and O–H groups in total. The van der Waals surface area contributed by atoms with Crippen LogP contribution in [0.15, 0.2) is 109 Å². The van der Waals surface area contributed by atoms with Crippen molar-refractivity contribution in [3.63, 3.8) is 0 Å². The normalized spacial score (nSPS) is 13.6. The third-order valence-electron chi connectivity index (χ3n) is 11.5. The fourth-order valence-electron chi connectivity index (χ4n) is 7.27. The van der Waals surface area contributed by atoms with Gasteiger partial charge in [-0.05, 0) is 96.3 Å². The first kappa shape index (κ1) is 67.0. The summed E-state index contributed by atoms with van der Waals surface area (Å²) in [6.45, 7) is 4.62. The summed E-state index contributed by atoms with van der Waals surface area (Å²) in [5.41, 5.74) is 0. The van der Waals surface area contributed by atoms with Crippen molar-refractivity contribution in [1.82, 2.24) is 0 Å². The number of ether oxygens (including phenoxy) is 4. The number of unbranched alkanes of at least 4 members (excludes halogenated alkanes) is 17. The molecule has 0 saturated carbocycles. The van der Waals surface area contributed by atoms with Crippen molar-refractivity contribution < 1.29 is 42.9 Å². The summed E-state index contributed by atoms with van der Waals surface area (Å²) in [7, 11) is 5.95. The van der Waals surface area contributed by atoms with Crippen LogP contribution in [0.3, 0.4) is 0 Å². The van der Waals surface area contributed by atoms with E-state index in [9.17, 15) is 19.5 Å². The van der Waals surface area contributed by atoms with Crippen LogP contribution in [0.1, 0.15) is 206 Å². The summed E-state index contributed by atoms with van der Waals surface area (Å²) >= 11 is 0. The fourth-order valence-corrected chi connectivity index (χ4v) is 7.27. The number of nitrogens with zero attached hydrogens (tertiary/aromatic N) is 1. The Morgan fingerprint density at radius 1 is 0.423 bits per heavy atom. The zero-order valence-electron chi connectivity index (χ0n) is 45.8. The average molecular weight is 992 g/mol. The van der Waals surface area contributed by atoms with Crippen molar-refractivity contribution >= 4 is 17.9 Å². The highest BCUT2D eigenvalue weighted by atomic mass is 16.7. The maximum Gasteiger partial charge on any atom is 0.361 e. The SMILES string of the molecule is CC/C=C\C/C=C\C/C=C\C/C=C\C/C=C\CCCCCCCCCCCCCC(=O)OC(COC(=O)CCCCCCCC/C=C\C/C=C\C/C=C\C/C=C\CC)COC(OCC[N+](C)(C)C)C(=O)O. The van der Waals surface area contributed by atoms with Crippen LogP contribution in [-0.4, -0.2) is 87.4 Å². The summed E-state index contributed by atoms with van der Waals surface area (Å²) in [4.78, 5) is 37.4. The number of carboxylic acids is 1. The van der Waals surface area contributed by atoms with E-state index in [-0.39, 0.29) is 38.6 Å². The summed E-state index contributed by atoms with van der Waals surface area (Å²) < 4.78 is 22.8. The number of carboxylic acid groups (broad SMARTS) is 1. The number of allylic oxidation sites excluding steroid dienone is 18. The largest absolute Gasteiger partial charge is 0.477 e. The number of carbonyl (C=O) groups is 3. The smallest absolute Gasteiger partial charge is 0.361 e. The van der Waals surface area contributed by atoms with Gasteiger partial charge in [0, 0.05) is 12.8 Å². The minimum Gasteiger partial charge on any atom is -0.477 e. The van der Waals surface area contributed by atoms with Gasteiger partial charge in [-0.2, -0.15) is 0 Å². The predicted octanol–water partition coefficient (Wildman–Crippen LogP) is 16.3. The summed E-state index contributed by atoms with van der Waals surface area (Å²) in [6.07, 6.45) is 68.7. The van der Waals surface area contributed by atoms with E-state index in [0.717, 1.165) is 122 Å². The molecule has 0 bridgehead atoms. The molecule has 0 aliphatic heterocycles. The molecule has 2 unspecified atom stereocenters. The third-order valence-corrected chi connectivity index (χ3v) is 11.5. The quantitative estimate of drug-likeness (QED) is 0.0211. The summed E-state index contributed by atoms with van der Waals surface area (Å²) in [6, 6.07) is 0. The number of hydrogen-bond donors (Lipinski definition) is 1. The molecule has 404 valence electrons. The molecule has 0 aromatic carbocycles. The first-order valence-corrected chi connectivity index (χ1v) is 28.1. The van der Waals surface area contributed by atoms with Crippen LogP contribution in [0, 0.1) is 0 Å². The maximum atomic E-state index is 12.9. The molecule has 0 aliphatic carbocycles. The van der Waals surface area contributed by atoms with Gasteiger partial charge in [0.1, 0.15) is 13.2 Å². The summed E-state index contributed by atoms with van der Waals surface area (Å²) in [5.74, 6) is -2.04. The molecule has 9 nitrogen and oxygen atoms in total. The number of rotatable bonds is 50. The predicted molar refractivity (Wildman–Crippen MR) is 299 cm³/mol. The molecule has 9 heteroatoms. The molecule has 0 aromatic rings. The lowest BCUT2D eigenvalue weighted by Gasteiger charge is -2.25. The Hall–Kier alpha value is -4.05. The topological polar surface area (TPSA) is 108 Å². The molecular weight excluding hydrogens is 887 g/mol. The van der Waals surface area contributed by atoms with E-state index >= 15 is 0 Å². The molecule has 71 heavy (non-hydrogen) atoms. The second-order valence-electron chi connectivity index (χ2n) is 19.5. The Bertz CT molecular complexity index is 1530. The van der Waals surface area contributed by atoms with Crippen molar-refractivity contribution in [2.45, 2.75) is 219 Å². The Morgan fingerprint density at radius 2 is 0.761 bits per heavy atom. The molecule has 0 heterocycles. The molecular formula is C62H104NO8+. The second kappa shape index (κ2) is 52.3. The van der Waals surface area contributed by atoms with Crippen molar-refractivity contribution in [2.75, 3.05) is 47.5 Å². The highest BCUT2D eigenvalue weighted by Gasteiger charge is 2.25. The van der Waals surface area contributed by atoms with Crippen molar-refractivity contribution in [3.05, 3.63) is 109 Å². The lowest BCUT2D eigenvalue weighted by atomic mass is 10.0. The van der Waals surface area contributed by atoms with E-state index in [1.165, 1.54) is 51.4 Å². The van der Waals surface area contributed by atoms with E-state index in [4.69, 9.17) is 18.9 Å². The molecule has 0 radical (unpaired) electrons. The third kappa shape index (κ3) is 53.6. The minimum atomic E-state index is -1.52. The number of quaternary nitrogens is 1. The molecule has 0 rings (SSSR count). The van der Waals surface area contributed by atoms with E-state index in [1.54, 1.807) is 0 Å². The standard InChI is InChI=1S/C62H103NO8/c1-6-8-10-12-14-16-18-20-22-24-26-27-28-29-30-31-32-33-35-37-39-41-43-45-47-49-51-53-60(65)71-58(57-70-62(61(66)67)68-55-54-63(3,4)5)56-69-59(64)52-50-48-46-44-42-40-38-36-34-25-23-21-19-17-15-13-11-9-7-2/h8-11,14-17,20-23,26-27,29-30,34,36,58,62H,6-7,12-13,18-19,24-25,28,31-33,35,37-57H2,1-5H3/p+1/b10-8-,11-9-,16-14-,17-15-,22-20-,23-21-,27-26-,30-29-,36-34-. The van der Waals surface area contributed by atoms with Crippen LogP contribution >= 0.6 is 0 Å². The summed E-state index contributed by atoms with van der Waals surface area (Å²) in [5, 5.41) is 9.70. The molecule has 0 spiro atoms. The number of hydrogen-bond acceptors (Lipinski definition) is 7. The van der Waals surface area contributed by atoms with E-state index in [1.807, 2.05) is 21.1 Å². The Balaban J connectivity index is 4.30. The van der Waals surface area contributed by atoms with Gasteiger partial charge in [-0.1, -0.05) is 207 Å². The van der Waals surface area contributed by atoms with Gasteiger partial charge in [-0.15, -0.1) is 0 Å². The van der Waals surface area contributed by atoms with E-state index in [2.05, 4.69) is 123 Å². The van der Waals surface area contributed by atoms with Crippen LogP contribution in [0.25, 0.3) is 0 Å². The molecule has 0 aromatic heterocycles. The van der Waals surface area contributed by atoms with Gasteiger partial charge in [0.15, 0.2) is 6.10 Å². The van der Waals surface area contributed by atoms with Gasteiger partial charge in [0.05, 0.1) is 34.4 Å². The zero-order valence-corrected chi connectivity index (χ0v) is 45.8. The van der Waals surface area contributed by atoms with Crippen LogP contribution < -0.4 is 0 Å². The van der Waals surface area contributed by atoms with Gasteiger partial charge in [-0.25, -0.2) is 4.79 Å². The number of carbonyl (C=O) groups excluding carboxylic acids is 2. The number of likely N-dealkylation sites (N-methyl/N-ethyl adjacent to an activating group) is 1. The van der Waals surface area contributed by atoms with Crippen LogP contribution in [0.4, 0.5) is 0 Å². The van der Waals surface area contributed by atoms with Crippen LogP contribution in [0.2, 0.25) is 0 Å². The molecule has 0 aliphatic rings. The van der Waals surface area contributed by atoms with E-state index in [0.29, 0.717) is 17.4 Å². The lowest BCUT2D eigenvalue weighted by molar-refractivity contribution is -0.870. The van der Waals surface area contributed by atoms with Crippen LogP contribution in [-0.2, 0) is 33.3 Å². The molecule has 2 atom stereocenters. The lowest BCUT2D eigenvalue weighted by Crippen LogP contribution is -2.40. The Kier molecular flexibility index (Phi) is 49.3. The highest BCUT2D eigenvalue weighted by molar-refractivity contribution is 5.71. The second-order valence-corrected chi connectivity index (χ2v) is 19.5. The Labute approximate surface area is 434 Å². The first-order chi connectivity index (χ1) is 34.6. The van der Waals surface area contributed by atoms with Gasteiger partial charge >= 0.3 is 17.9 Å². The van der Waals surface area contributed by atoms with Crippen molar-refractivity contribution in [2.24, 2.45) is 0 Å². The fraction of sp³-hybridized carbons (Fsp3) is 0.661. The minimum absolute atomic E-state index is 0.179. The number of esters is 2. The maximum absolute atomic E-state index is 12.9. The first-order valence-electron chi connectivity index (χ1n) is 28.1. The van der Waals surface area contributed by atoms with Crippen molar-refractivity contribution in [1.29, 1.82) is 0 Å². The zero-order chi connectivity index (χ0) is 52.0. The Morgan fingerprint density at radius 3 is 1.13 bits per heavy atom. The average Bonchev–Trinajstić information content (AvgIpc) is 3.34. The van der Waals surface area contributed by atoms with Gasteiger partial charge in [0.2, 0.25) is 0 Å². The van der Waals surface area contributed by atoms with Gasteiger partial charge < -0.3 is 28.5 Å². The molecule has 0 saturated heterocycles. The number of aliphatic carboxylic acids is 1.